The van der Waals surface area contributed by atoms with Gasteiger partial charge in [0.2, 0.25) is 0 Å². The molecule has 5 atom stereocenters. The second-order valence-electron chi connectivity index (χ2n) is 10.1. The van der Waals surface area contributed by atoms with E-state index in [0.717, 1.165) is 78.0 Å². The summed E-state index contributed by atoms with van der Waals surface area (Å²) >= 11 is 0. The SMILES string of the molecule is FC1CCCC2C3CCC(CC3)OC[C@@H]3N(CCC[C@@]34COCCN4)CCOC12. The molecule has 2 aliphatic carbocycles. The average Bonchev–Trinajstić information content (AvgIpc) is 2.77. The van der Waals surface area contributed by atoms with Crippen molar-refractivity contribution in [1.29, 1.82) is 0 Å². The molecule has 0 amide bonds. The molecule has 6 heteroatoms. The summed E-state index contributed by atoms with van der Waals surface area (Å²) in [5, 5.41) is 3.81. The van der Waals surface area contributed by atoms with Crippen molar-refractivity contribution in [3.8, 4) is 0 Å². The first kappa shape index (κ1) is 20.6. The van der Waals surface area contributed by atoms with Gasteiger partial charge in [0.1, 0.15) is 6.17 Å². The lowest BCUT2D eigenvalue weighted by atomic mass is 9.71. The van der Waals surface area contributed by atoms with Gasteiger partial charge in [-0.15, -0.1) is 0 Å². The Kier molecular flexibility index (Phi) is 6.45. The molecule has 0 radical (unpaired) electrons. The van der Waals surface area contributed by atoms with Crippen LogP contribution in [0.2, 0.25) is 0 Å². The molecule has 0 aromatic heterocycles. The largest absolute Gasteiger partial charge is 0.378 e. The minimum Gasteiger partial charge on any atom is -0.378 e. The molecule has 4 saturated heterocycles. The maximum absolute atomic E-state index is 14.9. The molecule has 4 aliphatic heterocycles. The fourth-order valence-corrected chi connectivity index (χ4v) is 6.95. The highest BCUT2D eigenvalue weighted by atomic mass is 19.1. The molecule has 6 rings (SSSR count). The quantitative estimate of drug-likeness (QED) is 0.665. The smallest absolute Gasteiger partial charge is 0.126 e. The van der Waals surface area contributed by atoms with Gasteiger partial charge in [0.05, 0.1) is 50.2 Å². The van der Waals surface area contributed by atoms with Crippen LogP contribution in [-0.2, 0) is 14.2 Å². The van der Waals surface area contributed by atoms with E-state index in [0.29, 0.717) is 37.0 Å². The number of fused-ring (bicyclic) bond motifs is 5. The van der Waals surface area contributed by atoms with Crippen molar-refractivity contribution in [1.82, 2.24) is 10.2 Å². The van der Waals surface area contributed by atoms with Gasteiger partial charge in [-0.25, -0.2) is 4.39 Å². The number of nitrogens with one attached hydrogen (secondary N) is 1. The minimum absolute atomic E-state index is 0.0100. The van der Waals surface area contributed by atoms with Crippen molar-refractivity contribution in [3.05, 3.63) is 0 Å². The lowest BCUT2D eigenvalue weighted by molar-refractivity contribution is -0.0990. The van der Waals surface area contributed by atoms with Crippen LogP contribution in [-0.4, -0.2) is 80.9 Å². The monoisotopic (exact) mass is 410 g/mol. The molecule has 0 aromatic rings. The van der Waals surface area contributed by atoms with E-state index >= 15 is 0 Å². The molecule has 29 heavy (non-hydrogen) atoms. The number of rotatable bonds is 0. The molecule has 1 N–H and O–H groups in total. The molecule has 3 unspecified atom stereocenters. The van der Waals surface area contributed by atoms with Gasteiger partial charge in [-0.05, 0) is 69.7 Å². The summed E-state index contributed by atoms with van der Waals surface area (Å²) in [6.07, 6.45) is 9.10. The van der Waals surface area contributed by atoms with E-state index in [9.17, 15) is 4.39 Å². The van der Waals surface area contributed by atoms with Crippen LogP contribution in [0, 0.1) is 11.8 Å². The van der Waals surface area contributed by atoms with Crippen molar-refractivity contribution in [3.63, 3.8) is 0 Å². The number of ether oxygens (including phenoxy) is 3. The van der Waals surface area contributed by atoms with E-state index in [1.807, 2.05) is 0 Å². The van der Waals surface area contributed by atoms with Crippen molar-refractivity contribution in [2.45, 2.75) is 87.7 Å². The van der Waals surface area contributed by atoms with Crippen LogP contribution in [0.4, 0.5) is 4.39 Å². The Hall–Kier alpha value is -0.270. The third-order valence-electron chi connectivity index (χ3n) is 8.53. The molecule has 0 aromatic carbocycles. The summed E-state index contributed by atoms with van der Waals surface area (Å²) in [5.41, 5.74) is -0.0100. The number of morpholine rings is 1. The molecule has 4 heterocycles. The zero-order valence-corrected chi connectivity index (χ0v) is 17.8. The van der Waals surface area contributed by atoms with Gasteiger partial charge in [-0.2, -0.15) is 0 Å². The Balaban J connectivity index is 1.36. The third kappa shape index (κ3) is 4.25. The van der Waals surface area contributed by atoms with Crippen LogP contribution in [0.25, 0.3) is 0 Å². The van der Waals surface area contributed by atoms with Crippen LogP contribution in [0.1, 0.15) is 57.8 Å². The fourth-order valence-electron chi connectivity index (χ4n) is 6.95. The Morgan fingerprint density at radius 2 is 1.83 bits per heavy atom. The van der Waals surface area contributed by atoms with Gasteiger partial charge in [0.25, 0.3) is 0 Å². The molecular weight excluding hydrogens is 371 g/mol. The fraction of sp³-hybridized carbons (Fsp3) is 1.00. The Labute approximate surface area is 175 Å². The molecule has 6 fully saturated rings. The van der Waals surface area contributed by atoms with Crippen LogP contribution in [0.15, 0.2) is 0 Å². The average molecular weight is 411 g/mol. The first-order valence-electron chi connectivity index (χ1n) is 12.2. The standard InChI is InChI=1S/C23H39FN2O3/c24-20-4-1-3-19-17-5-7-18(8-6-17)29-15-21-23(16-27-13-10-25-23)9-2-11-26(21)12-14-28-22(19)20/h17-22,25H,1-16H2/t17?,18?,19?,20?,21-,22?,23+/m0/s1. The van der Waals surface area contributed by atoms with E-state index in [1.165, 1.54) is 12.8 Å². The first-order valence-corrected chi connectivity index (χ1v) is 12.2. The minimum atomic E-state index is -0.787. The summed E-state index contributed by atoms with van der Waals surface area (Å²) < 4.78 is 33.7. The van der Waals surface area contributed by atoms with Gasteiger partial charge >= 0.3 is 0 Å². The summed E-state index contributed by atoms with van der Waals surface area (Å²) in [6.45, 7) is 5.81. The van der Waals surface area contributed by atoms with Gasteiger partial charge in [-0.1, -0.05) is 6.42 Å². The second kappa shape index (κ2) is 9.07. The highest BCUT2D eigenvalue weighted by molar-refractivity contribution is 5.05. The zero-order valence-electron chi connectivity index (χ0n) is 17.8. The van der Waals surface area contributed by atoms with Gasteiger partial charge in [0, 0.05) is 13.1 Å². The van der Waals surface area contributed by atoms with Gasteiger partial charge in [-0.3, -0.25) is 4.90 Å². The molecule has 6 aliphatic rings. The van der Waals surface area contributed by atoms with Crippen molar-refractivity contribution < 1.29 is 18.6 Å². The van der Waals surface area contributed by atoms with Crippen LogP contribution < -0.4 is 5.32 Å². The second-order valence-corrected chi connectivity index (χ2v) is 10.1. The summed E-state index contributed by atoms with van der Waals surface area (Å²) in [7, 11) is 0. The maximum atomic E-state index is 14.9. The number of alkyl halides is 1. The predicted molar refractivity (Wildman–Crippen MR) is 110 cm³/mol. The van der Waals surface area contributed by atoms with Crippen LogP contribution in [0.3, 0.4) is 0 Å². The van der Waals surface area contributed by atoms with E-state index in [-0.39, 0.29) is 11.6 Å². The van der Waals surface area contributed by atoms with E-state index < -0.39 is 6.17 Å². The number of piperidine rings is 1. The Bertz CT molecular complexity index is 531. The molecule has 1 spiro atoms. The van der Waals surface area contributed by atoms with Crippen molar-refractivity contribution in [2.24, 2.45) is 11.8 Å². The Morgan fingerprint density at radius 3 is 2.66 bits per heavy atom. The molecular formula is C23H39FN2O3. The predicted octanol–water partition coefficient (Wildman–Crippen LogP) is 2.92. The summed E-state index contributed by atoms with van der Waals surface area (Å²) in [5.74, 6) is 1.01. The number of hydrogen-bond acceptors (Lipinski definition) is 5. The number of halogens is 1. The topological polar surface area (TPSA) is 43.0 Å². The van der Waals surface area contributed by atoms with Crippen molar-refractivity contribution in [2.75, 3.05) is 46.1 Å². The molecule has 2 bridgehead atoms. The highest BCUT2D eigenvalue weighted by Gasteiger charge is 2.47. The normalized spacial score (nSPS) is 47.5. The van der Waals surface area contributed by atoms with Crippen LogP contribution >= 0.6 is 0 Å². The number of nitrogens with zero attached hydrogens (tertiary/aromatic N) is 1. The number of hydrogen-bond donors (Lipinski definition) is 1. The lowest BCUT2D eigenvalue weighted by Gasteiger charge is -2.52. The van der Waals surface area contributed by atoms with Gasteiger partial charge in [0.15, 0.2) is 0 Å². The van der Waals surface area contributed by atoms with Crippen molar-refractivity contribution >= 4 is 0 Å². The lowest BCUT2D eigenvalue weighted by Crippen LogP contribution is -2.70. The maximum Gasteiger partial charge on any atom is 0.126 e. The summed E-state index contributed by atoms with van der Waals surface area (Å²) in [6, 6.07) is 0.307. The first-order chi connectivity index (χ1) is 14.3. The third-order valence-corrected chi connectivity index (χ3v) is 8.53. The van der Waals surface area contributed by atoms with Crippen LogP contribution in [0.5, 0.6) is 0 Å². The van der Waals surface area contributed by atoms with E-state index in [1.54, 1.807) is 0 Å². The molecule has 5 nitrogen and oxygen atoms in total. The van der Waals surface area contributed by atoms with E-state index in [2.05, 4.69) is 10.2 Å². The van der Waals surface area contributed by atoms with E-state index in [4.69, 9.17) is 14.2 Å². The van der Waals surface area contributed by atoms with Gasteiger partial charge < -0.3 is 19.5 Å². The summed E-state index contributed by atoms with van der Waals surface area (Å²) in [4.78, 5) is 2.54. The highest BCUT2D eigenvalue weighted by Crippen LogP contribution is 2.42. The molecule has 166 valence electrons. The Morgan fingerprint density at radius 1 is 0.931 bits per heavy atom. The molecule has 2 saturated carbocycles. The zero-order chi connectivity index (χ0) is 19.7.